The van der Waals surface area contributed by atoms with E-state index in [1.807, 2.05) is 0 Å². The number of rotatable bonds is 12. The highest BCUT2D eigenvalue weighted by Gasteiger charge is 2.11. The van der Waals surface area contributed by atoms with Gasteiger partial charge in [0.2, 0.25) is 11.8 Å². The molecule has 0 aliphatic rings. The summed E-state index contributed by atoms with van der Waals surface area (Å²) in [5.41, 5.74) is 0. The van der Waals surface area contributed by atoms with Crippen LogP contribution in [0.3, 0.4) is 0 Å². The van der Waals surface area contributed by atoms with Gasteiger partial charge in [-0.2, -0.15) is 0 Å². The summed E-state index contributed by atoms with van der Waals surface area (Å²) in [6, 6.07) is 2.37. The molecule has 1 aromatic heterocycles. The van der Waals surface area contributed by atoms with Crippen molar-refractivity contribution in [2.45, 2.75) is 0 Å². The molecule has 1 rings (SSSR count). The van der Waals surface area contributed by atoms with Crippen molar-refractivity contribution in [2.24, 2.45) is 0 Å². The van der Waals surface area contributed by atoms with E-state index in [4.69, 9.17) is 18.9 Å². The van der Waals surface area contributed by atoms with Crippen molar-refractivity contribution in [1.29, 1.82) is 0 Å². The predicted octanol–water partition coefficient (Wildman–Crippen LogP) is -0.449. The third-order valence-electron chi connectivity index (χ3n) is 2.39. The van der Waals surface area contributed by atoms with Crippen molar-refractivity contribution in [3.8, 4) is 11.8 Å². The molecule has 9 heteroatoms. The summed E-state index contributed by atoms with van der Waals surface area (Å²) in [6.07, 6.45) is 0. The van der Waals surface area contributed by atoms with Gasteiger partial charge >= 0.3 is 5.97 Å². The number of hydrogen-bond acceptors (Lipinski definition) is 8. The highest BCUT2D eigenvalue weighted by Crippen LogP contribution is 2.18. The lowest BCUT2D eigenvalue weighted by atomic mass is 10.6. The SMILES string of the molecule is COCCOCCOCCOCC(=O)On1c(O)ccc1O. The maximum atomic E-state index is 11.4. The molecular weight excluding hydrogens is 298 g/mol. The first-order valence-corrected chi connectivity index (χ1v) is 6.68. The molecule has 0 spiro atoms. The van der Waals surface area contributed by atoms with Gasteiger partial charge in [-0.15, -0.1) is 4.73 Å². The highest BCUT2D eigenvalue weighted by molar-refractivity contribution is 5.71. The molecule has 0 atom stereocenters. The average Bonchev–Trinajstić information content (AvgIpc) is 2.81. The summed E-state index contributed by atoms with van der Waals surface area (Å²) >= 11 is 0. The average molecular weight is 319 g/mol. The molecule has 9 nitrogen and oxygen atoms in total. The zero-order valence-corrected chi connectivity index (χ0v) is 12.4. The topological polar surface area (TPSA) is 109 Å². The van der Waals surface area contributed by atoms with E-state index in [0.29, 0.717) is 37.8 Å². The van der Waals surface area contributed by atoms with Gasteiger partial charge in [0.1, 0.15) is 6.61 Å². The second-order valence-electron chi connectivity index (χ2n) is 4.08. The molecule has 0 unspecified atom stereocenters. The van der Waals surface area contributed by atoms with E-state index in [-0.39, 0.29) is 25.0 Å². The summed E-state index contributed by atoms with van der Waals surface area (Å²) in [5.74, 6) is -1.53. The number of ether oxygens (including phenoxy) is 4. The Hall–Kier alpha value is -1.81. The van der Waals surface area contributed by atoms with Crippen molar-refractivity contribution < 1.29 is 38.8 Å². The minimum absolute atomic E-state index is 0.205. The van der Waals surface area contributed by atoms with Gasteiger partial charge in [-0.1, -0.05) is 0 Å². The fourth-order valence-electron chi connectivity index (χ4n) is 1.36. The third kappa shape index (κ3) is 7.27. The summed E-state index contributed by atoms with van der Waals surface area (Å²) in [5, 5.41) is 18.5. The lowest BCUT2D eigenvalue weighted by Crippen LogP contribution is -2.24. The van der Waals surface area contributed by atoms with E-state index in [2.05, 4.69) is 4.84 Å². The standard InChI is InChI=1S/C13H21NO8/c1-18-4-5-19-6-7-20-8-9-21-10-13(17)22-14-11(15)2-3-12(14)16/h2-3,15-16H,4-10H2,1H3. The number of nitrogens with zero attached hydrogens (tertiary/aromatic N) is 1. The van der Waals surface area contributed by atoms with Gasteiger partial charge in [0.15, 0.2) is 0 Å². The van der Waals surface area contributed by atoms with E-state index in [1.165, 1.54) is 12.1 Å². The Labute approximate surface area is 127 Å². The Bertz CT molecular complexity index is 414. The van der Waals surface area contributed by atoms with Crippen LogP contribution in [-0.4, -0.2) is 74.3 Å². The summed E-state index contributed by atoms with van der Waals surface area (Å²) < 4.78 is 20.8. The Balaban J connectivity index is 1.97. The molecule has 0 aliphatic carbocycles. The zero-order valence-electron chi connectivity index (χ0n) is 12.4. The van der Waals surface area contributed by atoms with Gasteiger partial charge < -0.3 is 34.0 Å². The first-order valence-electron chi connectivity index (χ1n) is 6.68. The van der Waals surface area contributed by atoms with Gasteiger partial charge in [0.25, 0.3) is 0 Å². The molecule has 0 saturated carbocycles. The number of hydrogen-bond donors (Lipinski definition) is 2. The van der Waals surface area contributed by atoms with E-state index >= 15 is 0 Å². The Kier molecular flexibility index (Phi) is 9.00. The van der Waals surface area contributed by atoms with E-state index in [0.717, 1.165) is 0 Å². The zero-order chi connectivity index (χ0) is 16.2. The van der Waals surface area contributed by atoms with Crippen molar-refractivity contribution in [3.05, 3.63) is 12.1 Å². The van der Waals surface area contributed by atoms with E-state index in [1.54, 1.807) is 7.11 Å². The second kappa shape index (κ2) is 10.9. The van der Waals surface area contributed by atoms with Gasteiger partial charge in [0.05, 0.1) is 39.6 Å². The molecule has 0 aliphatic heterocycles. The van der Waals surface area contributed by atoms with Crippen LogP contribution in [-0.2, 0) is 23.7 Å². The number of aromatic hydroxyl groups is 2. The molecular formula is C13H21NO8. The molecule has 1 heterocycles. The monoisotopic (exact) mass is 319 g/mol. The number of carbonyl (C=O) groups excluding carboxylic acids is 1. The third-order valence-corrected chi connectivity index (χ3v) is 2.39. The Morgan fingerprint density at radius 3 is 2.00 bits per heavy atom. The molecule has 0 aromatic carbocycles. The van der Waals surface area contributed by atoms with Crippen LogP contribution in [0.5, 0.6) is 11.8 Å². The van der Waals surface area contributed by atoms with Gasteiger partial charge in [-0.05, 0) is 0 Å². The Morgan fingerprint density at radius 1 is 0.955 bits per heavy atom. The lowest BCUT2D eigenvalue weighted by molar-refractivity contribution is -0.151. The highest BCUT2D eigenvalue weighted by atomic mass is 16.7. The number of methoxy groups -OCH3 is 1. The normalized spacial score (nSPS) is 10.8. The lowest BCUT2D eigenvalue weighted by Gasteiger charge is -2.08. The van der Waals surface area contributed by atoms with Crippen molar-refractivity contribution in [2.75, 3.05) is 53.4 Å². The summed E-state index contributed by atoms with van der Waals surface area (Å²) in [7, 11) is 1.60. The van der Waals surface area contributed by atoms with Crippen LogP contribution in [0.4, 0.5) is 0 Å². The molecule has 0 radical (unpaired) electrons. The fraction of sp³-hybridized carbons (Fsp3) is 0.615. The van der Waals surface area contributed by atoms with Crippen molar-refractivity contribution in [1.82, 2.24) is 4.73 Å². The number of aromatic nitrogens is 1. The maximum Gasteiger partial charge on any atom is 0.358 e. The predicted molar refractivity (Wildman–Crippen MR) is 73.7 cm³/mol. The molecule has 0 amide bonds. The van der Waals surface area contributed by atoms with E-state index in [9.17, 15) is 15.0 Å². The summed E-state index contributed by atoms with van der Waals surface area (Å²) in [6.45, 7) is 2.11. The first-order chi connectivity index (χ1) is 10.6. The van der Waals surface area contributed by atoms with Crippen LogP contribution in [0.15, 0.2) is 12.1 Å². The largest absolute Gasteiger partial charge is 0.492 e. The van der Waals surface area contributed by atoms with Crippen LogP contribution < -0.4 is 4.84 Å². The fourth-order valence-corrected chi connectivity index (χ4v) is 1.36. The Morgan fingerprint density at radius 2 is 1.45 bits per heavy atom. The van der Waals surface area contributed by atoms with Gasteiger partial charge in [0, 0.05) is 19.2 Å². The summed E-state index contributed by atoms with van der Waals surface area (Å²) in [4.78, 5) is 16.1. The molecule has 0 fully saturated rings. The first kappa shape index (κ1) is 18.2. The van der Waals surface area contributed by atoms with Gasteiger partial charge in [-0.25, -0.2) is 4.79 Å². The van der Waals surface area contributed by atoms with Crippen LogP contribution in [0.2, 0.25) is 0 Å². The van der Waals surface area contributed by atoms with Crippen LogP contribution in [0, 0.1) is 0 Å². The molecule has 0 bridgehead atoms. The van der Waals surface area contributed by atoms with Crippen molar-refractivity contribution >= 4 is 5.97 Å². The number of carbonyl (C=O) groups is 1. The quantitative estimate of drug-likeness (QED) is 0.499. The van der Waals surface area contributed by atoms with Crippen molar-refractivity contribution in [3.63, 3.8) is 0 Å². The van der Waals surface area contributed by atoms with E-state index < -0.39 is 5.97 Å². The second-order valence-corrected chi connectivity index (χ2v) is 4.08. The molecule has 22 heavy (non-hydrogen) atoms. The molecule has 126 valence electrons. The maximum absolute atomic E-state index is 11.4. The molecule has 1 aromatic rings. The minimum atomic E-state index is -0.760. The van der Waals surface area contributed by atoms with Crippen LogP contribution >= 0.6 is 0 Å². The van der Waals surface area contributed by atoms with Crippen LogP contribution in [0.25, 0.3) is 0 Å². The molecule has 2 N–H and O–H groups in total. The van der Waals surface area contributed by atoms with Gasteiger partial charge in [-0.3, -0.25) is 0 Å². The van der Waals surface area contributed by atoms with Crippen LogP contribution in [0.1, 0.15) is 0 Å². The smallest absolute Gasteiger partial charge is 0.358 e. The minimum Gasteiger partial charge on any atom is -0.492 e. The molecule has 0 saturated heterocycles.